The molecule has 2 fully saturated rings. The first-order valence-corrected chi connectivity index (χ1v) is 18.2. The normalized spacial score (nSPS) is 20.4. The van der Waals surface area contributed by atoms with Crippen LogP contribution in [0.5, 0.6) is 11.5 Å². The van der Waals surface area contributed by atoms with E-state index in [2.05, 4.69) is 0 Å². The van der Waals surface area contributed by atoms with Gasteiger partial charge in [0.25, 0.3) is 0 Å². The number of rotatable bonds is 10. The predicted octanol–water partition coefficient (Wildman–Crippen LogP) is 8.80. The molecule has 0 aliphatic carbocycles. The summed E-state index contributed by atoms with van der Waals surface area (Å²) < 4.78 is 129. The van der Waals surface area contributed by atoms with Gasteiger partial charge in [0.15, 0.2) is 40.7 Å². The van der Waals surface area contributed by atoms with Crippen LogP contribution >= 0.6 is 10.3 Å². The van der Waals surface area contributed by atoms with Gasteiger partial charge in [-0.05, 0) is 96.7 Å². The molecule has 2 saturated heterocycles. The minimum absolute atomic E-state index is 0.211. The van der Waals surface area contributed by atoms with Gasteiger partial charge in [-0.2, -0.15) is 8.42 Å². The highest BCUT2D eigenvalue weighted by Gasteiger charge is 2.43. The molecule has 6 rings (SSSR count). The Bertz CT molecular complexity index is 1740. The van der Waals surface area contributed by atoms with E-state index in [0.29, 0.717) is 37.6 Å². The van der Waals surface area contributed by atoms with Crippen molar-refractivity contribution in [3.05, 3.63) is 108 Å². The largest absolute Gasteiger partial charge is 0.465 e. The van der Waals surface area contributed by atoms with E-state index in [1.54, 1.807) is 54.6 Å². The molecule has 2 aliphatic heterocycles. The zero-order chi connectivity index (χ0) is 33.9. The third-order valence-corrected chi connectivity index (χ3v) is 13.0. The van der Waals surface area contributed by atoms with Gasteiger partial charge in [0, 0.05) is 27.5 Å². The van der Waals surface area contributed by atoms with E-state index >= 15 is 8.78 Å². The lowest BCUT2D eigenvalue weighted by molar-refractivity contribution is -0.106. The summed E-state index contributed by atoms with van der Waals surface area (Å²) in [6, 6.07) is 20.3. The number of hydrogen-bond acceptors (Lipinski definition) is 7. The number of ether oxygens (including phenoxy) is 4. The summed E-state index contributed by atoms with van der Waals surface area (Å²) in [4.78, 5) is -1.44. The average molecular weight is 711 g/mol. The highest BCUT2D eigenvalue weighted by molar-refractivity contribution is 8.33. The van der Waals surface area contributed by atoms with Gasteiger partial charge in [0.1, 0.15) is 11.5 Å². The Morgan fingerprint density at radius 1 is 0.542 bits per heavy atom. The molecule has 4 aromatic carbocycles. The van der Waals surface area contributed by atoms with Crippen LogP contribution in [0.4, 0.5) is 22.0 Å². The molecule has 0 N–H and O–H groups in total. The van der Waals surface area contributed by atoms with Crippen LogP contribution in [-0.4, -0.2) is 34.2 Å². The summed E-state index contributed by atoms with van der Waals surface area (Å²) in [5.74, 6) is -11.6. The van der Waals surface area contributed by atoms with Crippen molar-refractivity contribution in [1.29, 1.82) is 0 Å². The van der Waals surface area contributed by atoms with Gasteiger partial charge in [0.05, 0.1) is 13.2 Å². The summed E-state index contributed by atoms with van der Waals surface area (Å²) >= 11 is 0. The first-order chi connectivity index (χ1) is 23.1. The third-order valence-electron chi connectivity index (χ3n) is 7.81. The van der Waals surface area contributed by atoms with Crippen molar-refractivity contribution in [2.45, 2.75) is 70.7 Å². The Hall–Kier alpha value is -3.69. The van der Waals surface area contributed by atoms with Crippen molar-refractivity contribution < 1.29 is 52.9 Å². The molecule has 0 bridgehead atoms. The van der Waals surface area contributed by atoms with E-state index in [4.69, 9.17) is 22.6 Å². The number of halogens is 5. The van der Waals surface area contributed by atoms with Crippen LogP contribution in [-0.2, 0) is 23.2 Å². The summed E-state index contributed by atoms with van der Waals surface area (Å²) in [5.41, 5.74) is 0. The number of benzene rings is 4. The molecule has 0 radical (unpaired) electrons. The first kappa shape index (κ1) is 34.2. The predicted molar refractivity (Wildman–Crippen MR) is 165 cm³/mol. The molecule has 0 aromatic heterocycles. The van der Waals surface area contributed by atoms with Crippen LogP contribution in [0.1, 0.15) is 38.5 Å². The SMILES string of the molecule is O=S(=O)(OS(c1ccccc1)(c1ccc(OC2CCCCO2)cc1)c1ccc(OC2CCCCO2)cc1)c1c(F)c(F)c(F)c(F)c1F. The van der Waals surface area contributed by atoms with Gasteiger partial charge in [-0.25, -0.2) is 25.6 Å². The molecule has 2 unspecified atom stereocenters. The van der Waals surface area contributed by atoms with Crippen molar-refractivity contribution in [2.75, 3.05) is 13.2 Å². The fraction of sp³-hybridized carbons (Fsp3) is 0.294. The van der Waals surface area contributed by atoms with Crippen molar-refractivity contribution in [2.24, 2.45) is 0 Å². The maximum absolute atomic E-state index is 15.0. The van der Waals surface area contributed by atoms with Crippen molar-refractivity contribution >= 4 is 20.4 Å². The van der Waals surface area contributed by atoms with Crippen molar-refractivity contribution in [3.63, 3.8) is 0 Å². The lowest BCUT2D eigenvalue weighted by atomic mass is 10.2. The standard InChI is InChI=1S/C34H31F5O7S2/c35-29-30(36)32(38)34(33(39)31(29)37)48(40,41)46-47(24-8-2-1-3-9-24,25-16-12-22(13-17-25)44-27-10-4-6-20-42-27)26-18-14-23(15-19-26)45-28-11-5-7-21-43-28/h1-3,8-9,12-19,27-28H,4-7,10-11,20-21H2. The highest BCUT2D eigenvalue weighted by atomic mass is 32.3. The van der Waals surface area contributed by atoms with Crippen LogP contribution in [0, 0.1) is 29.1 Å². The van der Waals surface area contributed by atoms with Gasteiger partial charge in [0.2, 0.25) is 5.82 Å². The summed E-state index contributed by atoms with van der Waals surface area (Å²) in [7, 11) is -9.25. The van der Waals surface area contributed by atoms with E-state index in [0.717, 1.165) is 25.7 Å². The summed E-state index contributed by atoms with van der Waals surface area (Å²) in [6.07, 6.45) is 4.03. The Balaban J connectivity index is 1.49. The maximum Gasteiger partial charge on any atom is 0.313 e. The Morgan fingerprint density at radius 2 is 0.958 bits per heavy atom. The summed E-state index contributed by atoms with van der Waals surface area (Å²) in [5, 5.41) is 0. The van der Waals surface area contributed by atoms with E-state index in [1.165, 1.54) is 24.3 Å². The Kier molecular flexibility index (Phi) is 10.3. The zero-order valence-electron chi connectivity index (χ0n) is 25.4. The molecule has 2 heterocycles. The Morgan fingerprint density at radius 3 is 1.38 bits per heavy atom. The third kappa shape index (κ3) is 6.90. The van der Waals surface area contributed by atoms with Crippen LogP contribution in [0.2, 0.25) is 0 Å². The molecule has 48 heavy (non-hydrogen) atoms. The molecule has 0 spiro atoms. The second kappa shape index (κ2) is 14.4. The molecule has 2 atom stereocenters. The molecular weight excluding hydrogens is 679 g/mol. The number of hydrogen-bond donors (Lipinski definition) is 0. The monoisotopic (exact) mass is 710 g/mol. The molecule has 14 heteroatoms. The topological polar surface area (TPSA) is 80.3 Å². The first-order valence-electron chi connectivity index (χ1n) is 15.2. The summed E-state index contributed by atoms with van der Waals surface area (Å²) in [6.45, 7) is 1.08. The van der Waals surface area contributed by atoms with Crippen molar-refractivity contribution in [3.8, 4) is 11.5 Å². The second-order valence-electron chi connectivity index (χ2n) is 11.1. The van der Waals surface area contributed by atoms with E-state index in [9.17, 15) is 21.6 Å². The van der Waals surface area contributed by atoms with Crippen LogP contribution in [0.3, 0.4) is 0 Å². The van der Waals surface area contributed by atoms with Gasteiger partial charge in [-0.1, -0.05) is 18.2 Å². The molecule has 4 aromatic rings. The van der Waals surface area contributed by atoms with Gasteiger partial charge in [-0.3, -0.25) is 0 Å². The van der Waals surface area contributed by atoms with E-state index < -0.39 is 67.0 Å². The van der Waals surface area contributed by atoms with Crippen LogP contribution in [0.25, 0.3) is 0 Å². The molecule has 0 saturated carbocycles. The highest BCUT2D eigenvalue weighted by Crippen LogP contribution is 2.70. The molecule has 7 nitrogen and oxygen atoms in total. The minimum Gasteiger partial charge on any atom is -0.465 e. The lowest BCUT2D eigenvalue weighted by Gasteiger charge is -2.39. The smallest absolute Gasteiger partial charge is 0.313 e. The Labute approximate surface area is 276 Å². The van der Waals surface area contributed by atoms with Crippen LogP contribution in [0.15, 0.2) is 98.4 Å². The van der Waals surface area contributed by atoms with E-state index in [-0.39, 0.29) is 14.7 Å². The maximum atomic E-state index is 15.0. The zero-order valence-corrected chi connectivity index (χ0v) is 27.0. The second-order valence-corrected chi connectivity index (χ2v) is 15.4. The fourth-order valence-electron chi connectivity index (χ4n) is 5.44. The fourth-order valence-corrected chi connectivity index (χ4v) is 10.7. The molecule has 256 valence electrons. The minimum atomic E-state index is -5.71. The lowest BCUT2D eigenvalue weighted by Crippen LogP contribution is -2.25. The van der Waals surface area contributed by atoms with Crippen LogP contribution < -0.4 is 9.47 Å². The molecule has 2 aliphatic rings. The average Bonchev–Trinajstić information content (AvgIpc) is 3.11. The molecular formula is C34H31F5O7S2. The molecule has 0 amide bonds. The van der Waals surface area contributed by atoms with Crippen molar-refractivity contribution in [1.82, 2.24) is 0 Å². The van der Waals surface area contributed by atoms with Gasteiger partial charge in [-0.15, -0.1) is 0 Å². The van der Waals surface area contributed by atoms with Gasteiger partial charge < -0.3 is 18.9 Å². The quantitative estimate of drug-likeness (QED) is 0.0925. The van der Waals surface area contributed by atoms with Gasteiger partial charge >= 0.3 is 10.1 Å². The van der Waals surface area contributed by atoms with E-state index in [1.807, 2.05) is 0 Å².